The second-order valence-electron chi connectivity index (χ2n) is 3.96. The SMILES string of the molecule is Cn1cnc(CCNC(=O)c2ccc(Br)cc2Br)n1. The van der Waals surface area contributed by atoms with Gasteiger partial charge in [-0.2, -0.15) is 5.10 Å². The molecule has 100 valence electrons. The first-order chi connectivity index (χ1) is 9.06. The maximum atomic E-state index is 12.0. The molecule has 0 fully saturated rings. The van der Waals surface area contributed by atoms with E-state index in [1.165, 1.54) is 0 Å². The summed E-state index contributed by atoms with van der Waals surface area (Å²) in [6.45, 7) is 0.505. The summed E-state index contributed by atoms with van der Waals surface area (Å²) < 4.78 is 3.33. The Balaban J connectivity index is 1.90. The summed E-state index contributed by atoms with van der Waals surface area (Å²) in [5.74, 6) is 0.605. The van der Waals surface area contributed by atoms with Crippen LogP contribution in [0.1, 0.15) is 16.2 Å². The van der Waals surface area contributed by atoms with Crippen molar-refractivity contribution in [2.75, 3.05) is 6.54 Å². The molecular weight excluding hydrogens is 376 g/mol. The van der Waals surface area contributed by atoms with E-state index < -0.39 is 0 Å². The molecule has 1 N–H and O–H groups in total. The summed E-state index contributed by atoms with van der Waals surface area (Å²) in [5.41, 5.74) is 0.609. The highest BCUT2D eigenvalue weighted by Crippen LogP contribution is 2.21. The van der Waals surface area contributed by atoms with Crippen LogP contribution in [0.3, 0.4) is 0 Å². The Hall–Kier alpha value is -1.21. The molecule has 2 aromatic rings. The van der Waals surface area contributed by atoms with Crippen molar-refractivity contribution >= 4 is 37.8 Å². The molecule has 0 saturated carbocycles. The molecule has 1 aromatic carbocycles. The zero-order valence-electron chi connectivity index (χ0n) is 10.2. The largest absolute Gasteiger partial charge is 0.352 e. The summed E-state index contributed by atoms with van der Waals surface area (Å²) in [6.07, 6.45) is 2.25. The van der Waals surface area contributed by atoms with Crippen molar-refractivity contribution in [1.29, 1.82) is 0 Å². The number of rotatable bonds is 4. The van der Waals surface area contributed by atoms with Crippen LogP contribution in [0.4, 0.5) is 0 Å². The smallest absolute Gasteiger partial charge is 0.252 e. The molecule has 0 aliphatic carbocycles. The third-order valence-electron chi connectivity index (χ3n) is 2.46. The van der Waals surface area contributed by atoms with Crippen LogP contribution < -0.4 is 5.32 Å². The van der Waals surface area contributed by atoms with E-state index in [1.54, 1.807) is 17.1 Å². The summed E-state index contributed by atoms with van der Waals surface area (Å²) in [6, 6.07) is 5.44. The number of nitrogens with zero attached hydrogens (tertiary/aromatic N) is 3. The van der Waals surface area contributed by atoms with Gasteiger partial charge in [-0.05, 0) is 34.1 Å². The predicted octanol–water partition coefficient (Wildman–Crippen LogP) is 2.31. The summed E-state index contributed by atoms with van der Waals surface area (Å²) >= 11 is 6.72. The third-order valence-corrected chi connectivity index (χ3v) is 3.61. The zero-order chi connectivity index (χ0) is 13.8. The van der Waals surface area contributed by atoms with Crippen molar-refractivity contribution in [3.63, 3.8) is 0 Å². The van der Waals surface area contributed by atoms with Crippen LogP contribution in [0, 0.1) is 0 Å². The van der Waals surface area contributed by atoms with E-state index in [9.17, 15) is 4.79 Å². The van der Waals surface area contributed by atoms with E-state index in [0.29, 0.717) is 18.5 Å². The zero-order valence-corrected chi connectivity index (χ0v) is 13.4. The lowest BCUT2D eigenvalue weighted by Crippen LogP contribution is -2.26. The minimum absolute atomic E-state index is 0.115. The van der Waals surface area contributed by atoms with Crippen LogP contribution >= 0.6 is 31.9 Å². The first kappa shape index (κ1) is 14.2. The van der Waals surface area contributed by atoms with Crippen molar-refractivity contribution in [2.24, 2.45) is 7.05 Å². The molecule has 1 aromatic heterocycles. The van der Waals surface area contributed by atoms with Gasteiger partial charge in [0.1, 0.15) is 6.33 Å². The van der Waals surface area contributed by atoms with Crippen molar-refractivity contribution in [1.82, 2.24) is 20.1 Å². The molecule has 0 spiro atoms. The number of benzene rings is 1. The number of aromatic nitrogens is 3. The lowest BCUT2D eigenvalue weighted by molar-refractivity contribution is 0.0953. The lowest BCUT2D eigenvalue weighted by atomic mass is 10.2. The molecule has 0 aliphatic heterocycles. The highest BCUT2D eigenvalue weighted by molar-refractivity contribution is 9.11. The van der Waals surface area contributed by atoms with Gasteiger partial charge in [-0.15, -0.1) is 0 Å². The topological polar surface area (TPSA) is 59.8 Å². The Bertz CT molecular complexity index is 597. The summed E-state index contributed by atoms with van der Waals surface area (Å²) in [5, 5.41) is 6.99. The molecule has 0 unspecified atom stereocenters. The molecular formula is C12H12Br2N4O. The number of carbonyl (C=O) groups is 1. The predicted molar refractivity (Wildman–Crippen MR) is 78.9 cm³/mol. The summed E-state index contributed by atoms with van der Waals surface area (Å²) in [4.78, 5) is 16.1. The van der Waals surface area contributed by atoms with Gasteiger partial charge in [0.15, 0.2) is 5.82 Å². The van der Waals surface area contributed by atoms with E-state index in [4.69, 9.17) is 0 Å². The summed E-state index contributed by atoms with van der Waals surface area (Å²) in [7, 11) is 1.81. The molecule has 0 saturated heterocycles. The van der Waals surface area contributed by atoms with E-state index >= 15 is 0 Å². The molecule has 0 aliphatic rings. The van der Waals surface area contributed by atoms with Crippen LogP contribution in [0.5, 0.6) is 0 Å². The average Bonchev–Trinajstić information content (AvgIpc) is 2.75. The molecule has 0 atom stereocenters. The van der Waals surface area contributed by atoms with Crippen molar-refractivity contribution in [3.8, 4) is 0 Å². The van der Waals surface area contributed by atoms with Gasteiger partial charge >= 0.3 is 0 Å². The highest BCUT2D eigenvalue weighted by atomic mass is 79.9. The molecule has 0 bridgehead atoms. The van der Waals surface area contributed by atoms with Crippen LogP contribution in [0.25, 0.3) is 0 Å². The minimum Gasteiger partial charge on any atom is -0.352 e. The fraction of sp³-hybridized carbons (Fsp3) is 0.250. The van der Waals surface area contributed by atoms with Crippen molar-refractivity contribution in [2.45, 2.75) is 6.42 Å². The average molecular weight is 388 g/mol. The number of carbonyl (C=O) groups excluding carboxylic acids is 1. The van der Waals surface area contributed by atoms with E-state index in [0.717, 1.165) is 14.8 Å². The number of halogens is 2. The number of hydrogen-bond acceptors (Lipinski definition) is 3. The van der Waals surface area contributed by atoms with Crippen molar-refractivity contribution < 1.29 is 4.79 Å². The lowest BCUT2D eigenvalue weighted by Gasteiger charge is -2.06. The van der Waals surface area contributed by atoms with Gasteiger partial charge in [0.25, 0.3) is 5.91 Å². The Morgan fingerprint density at radius 3 is 2.84 bits per heavy atom. The number of amides is 1. The van der Waals surface area contributed by atoms with Crippen LogP contribution in [0.15, 0.2) is 33.5 Å². The molecule has 19 heavy (non-hydrogen) atoms. The van der Waals surface area contributed by atoms with E-state index in [-0.39, 0.29) is 5.91 Å². The highest BCUT2D eigenvalue weighted by Gasteiger charge is 2.10. The van der Waals surface area contributed by atoms with Crippen LogP contribution in [0.2, 0.25) is 0 Å². The quantitative estimate of drug-likeness (QED) is 0.875. The molecule has 0 radical (unpaired) electrons. The first-order valence-electron chi connectivity index (χ1n) is 5.64. The second-order valence-corrected chi connectivity index (χ2v) is 5.73. The Labute approximate surface area is 127 Å². The second kappa shape index (κ2) is 6.29. The number of nitrogens with one attached hydrogen (secondary N) is 1. The standard InChI is InChI=1S/C12H12Br2N4O/c1-18-7-16-11(17-18)4-5-15-12(19)9-3-2-8(13)6-10(9)14/h2-3,6-7H,4-5H2,1H3,(H,15,19). The van der Waals surface area contributed by atoms with Crippen LogP contribution in [-0.4, -0.2) is 27.2 Å². The number of aryl methyl sites for hydroxylation is 1. The van der Waals surface area contributed by atoms with Crippen LogP contribution in [-0.2, 0) is 13.5 Å². The van der Waals surface area contributed by atoms with Gasteiger partial charge in [-0.1, -0.05) is 15.9 Å². The maximum absolute atomic E-state index is 12.0. The van der Waals surface area contributed by atoms with Gasteiger partial charge in [-0.3, -0.25) is 9.48 Å². The van der Waals surface area contributed by atoms with Gasteiger partial charge in [0.2, 0.25) is 0 Å². The Kier molecular flexibility index (Phi) is 4.71. The maximum Gasteiger partial charge on any atom is 0.252 e. The molecule has 1 amide bonds. The third kappa shape index (κ3) is 3.87. The molecule has 7 heteroatoms. The Morgan fingerprint density at radius 1 is 1.42 bits per heavy atom. The van der Waals surface area contributed by atoms with Crippen molar-refractivity contribution in [3.05, 3.63) is 44.9 Å². The number of hydrogen-bond donors (Lipinski definition) is 1. The molecule has 2 rings (SSSR count). The van der Waals surface area contributed by atoms with Gasteiger partial charge in [0.05, 0.1) is 5.56 Å². The van der Waals surface area contributed by atoms with E-state index in [2.05, 4.69) is 47.3 Å². The minimum atomic E-state index is -0.115. The monoisotopic (exact) mass is 386 g/mol. The fourth-order valence-corrected chi connectivity index (χ4v) is 2.78. The van der Waals surface area contributed by atoms with Gasteiger partial charge < -0.3 is 5.32 Å². The normalized spacial score (nSPS) is 10.5. The van der Waals surface area contributed by atoms with E-state index in [1.807, 2.05) is 19.2 Å². The van der Waals surface area contributed by atoms with Gasteiger partial charge in [-0.25, -0.2) is 4.98 Å². The molecule has 1 heterocycles. The fourth-order valence-electron chi connectivity index (χ4n) is 1.56. The first-order valence-corrected chi connectivity index (χ1v) is 7.22. The Morgan fingerprint density at radius 2 is 2.21 bits per heavy atom. The van der Waals surface area contributed by atoms with Gasteiger partial charge in [0, 0.05) is 29.0 Å². The molecule has 5 nitrogen and oxygen atoms in total.